The van der Waals surface area contributed by atoms with Crippen molar-refractivity contribution in [2.24, 2.45) is 11.7 Å². The first-order valence-corrected chi connectivity index (χ1v) is 6.62. The molecule has 0 heterocycles. The Morgan fingerprint density at radius 1 is 1.29 bits per heavy atom. The molecule has 0 bridgehead atoms. The van der Waals surface area contributed by atoms with E-state index in [2.05, 4.69) is 6.92 Å². The average Bonchev–Trinajstić information content (AvgIpc) is 2.32. The highest BCUT2D eigenvalue weighted by molar-refractivity contribution is 7.80. The number of hydrogen-bond donors (Lipinski definition) is 1. The molecule has 2 nitrogen and oxygen atoms in total. The first-order chi connectivity index (χ1) is 8.15. The lowest BCUT2D eigenvalue weighted by molar-refractivity contribution is 0.135. The Labute approximate surface area is 108 Å². The van der Waals surface area contributed by atoms with Gasteiger partial charge >= 0.3 is 0 Å². The molecule has 1 saturated carbocycles. The van der Waals surface area contributed by atoms with Gasteiger partial charge < -0.3 is 10.5 Å². The third-order valence-electron chi connectivity index (χ3n) is 3.38. The van der Waals surface area contributed by atoms with Crippen LogP contribution in [0.4, 0.5) is 0 Å². The third kappa shape index (κ3) is 3.43. The number of ether oxygens (including phenoxy) is 1. The molecule has 17 heavy (non-hydrogen) atoms. The molecule has 0 unspecified atom stereocenters. The predicted molar refractivity (Wildman–Crippen MR) is 74.4 cm³/mol. The van der Waals surface area contributed by atoms with Gasteiger partial charge in [-0.15, -0.1) is 0 Å². The standard InChI is InChI=1S/C14H19NOS/c1-10-5-7-12(8-6-10)16-13-4-2-3-11(9-13)14(15)17/h2-4,9-10,12H,5-8H2,1H3,(H2,15,17). The Morgan fingerprint density at radius 2 is 2.00 bits per heavy atom. The normalized spacial score (nSPS) is 24.3. The Hall–Kier alpha value is -1.09. The van der Waals surface area contributed by atoms with Gasteiger partial charge in [0, 0.05) is 5.56 Å². The van der Waals surface area contributed by atoms with Gasteiger partial charge in [0.15, 0.2) is 0 Å². The molecule has 0 amide bonds. The van der Waals surface area contributed by atoms with Crippen molar-refractivity contribution in [3.8, 4) is 5.75 Å². The van der Waals surface area contributed by atoms with E-state index in [1.54, 1.807) is 0 Å². The van der Waals surface area contributed by atoms with E-state index < -0.39 is 0 Å². The second-order valence-corrected chi connectivity index (χ2v) is 5.33. The highest BCUT2D eigenvalue weighted by Gasteiger charge is 2.19. The van der Waals surface area contributed by atoms with Gasteiger partial charge in [-0.25, -0.2) is 0 Å². The van der Waals surface area contributed by atoms with Crippen LogP contribution in [0.3, 0.4) is 0 Å². The van der Waals surface area contributed by atoms with Crippen molar-refractivity contribution in [2.45, 2.75) is 38.7 Å². The molecule has 0 spiro atoms. The number of benzene rings is 1. The maximum Gasteiger partial charge on any atom is 0.120 e. The molecule has 0 radical (unpaired) electrons. The first-order valence-electron chi connectivity index (χ1n) is 6.21. The van der Waals surface area contributed by atoms with E-state index in [-0.39, 0.29) is 0 Å². The van der Waals surface area contributed by atoms with Crippen LogP contribution in [0.15, 0.2) is 24.3 Å². The summed E-state index contributed by atoms with van der Waals surface area (Å²) in [5, 5.41) is 0. The summed E-state index contributed by atoms with van der Waals surface area (Å²) in [6.07, 6.45) is 5.18. The highest BCUT2D eigenvalue weighted by Crippen LogP contribution is 2.27. The zero-order valence-electron chi connectivity index (χ0n) is 10.2. The van der Waals surface area contributed by atoms with Gasteiger partial charge in [-0.2, -0.15) is 0 Å². The minimum atomic E-state index is 0.354. The molecule has 2 N–H and O–H groups in total. The Bertz CT molecular complexity index is 397. The molecule has 2 rings (SSSR count). The Morgan fingerprint density at radius 3 is 2.65 bits per heavy atom. The van der Waals surface area contributed by atoms with Crippen molar-refractivity contribution in [3.05, 3.63) is 29.8 Å². The van der Waals surface area contributed by atoms with E-state index in [0.717, 1.165) is 30.1 Å². The lowest BCUT2D eigenvalue weighted by atomic mass is 9.89. The van der Waals surface area contributed by atoms with E-state index in [1.165, 1.54) is 12.8 Å². The van der Waals surface area contributed by atoms with Gasteiger partial charge in [0.2, 0.25) is 0 Å². The van der Waals surface area contributed by atoms with Crippen molar-refractivity contribution in [1.82, 2.24) is 0 Å². The minimum absolute atomic E-state index is 0.354. The fraction of sp³-hybridized carbons (Fsp3) is 0.500. The number of nitrogens with two attached hydrogens (primary N) is 1. The molecule has 1 fully saturated rings. The van der Waals surface area contributed by atoms with E-state index in [9.17, 15) is 0 Å². The van der Waals surface area contributed by atoms with Gasteiger partial charge in [0.25, 0.3) is 0 Å². The summed E-state index contributed by atoms with van der Waals surface area (Å²) in [7, 11) is 0. The quantitative estimate of drug-likeness (QED) is 0.835. The third-order valence-corrected chi connectivity index (χ3v) is 3.62. The van der Waals surface area contributed by atoms with Crippen molar-refractivity contribution >= 4 is 17.2 Å². The maximum atomic E-state index is 5.98. The largest absolute Gasteiger partial charge is 0.490 e. The molecule has 0 aromatic heterocycles. The maximum absolute atomic E-state index is 5.98. The van der Waals surface area contributed by atoms with Crippen LogP contribution in [-0.2, 0) is 0 Å². The van der Waals surface area contributed by atoms with Gasteiger partial charge in [-0.1, -0.05) is 31.3 Å². The fourth-order valence-corrected chi connectivity index (χ4v) is 2.39. The smallest absolute Gasteiger partial charge is 0.120 e. The van der Waals surface area contributed by atoms with Crippen molar-refractivity contribution in [1.29, 1.82) is 0 Å². The molecule has 1 aliphatic rings. The summed E-state index contributed by atoms with van der Waals surface area (Å²) in [6, 6.07) is 7.76. The van der Waals surface area contributed by atoms with Crippen LogP contribution in [0.5, 0.6) is 5.75 Å². The van der Waals surface area contributed by atoms with Gasteiger partial charge in [0.05, 0.1) is 6.10 Å². The number of hydrogen-bond acceptors (Lipinski definition) is 2. The number of thiocarbonyl (C=S) groups is 1. The Balaban J connectivity index is 1.98. The van der Waals surface area contributed by atoms with E-state index >= 15 is 0 Å². The summed E-state index contributed by atoms with van der Waals surface area (Å²) in [5.41, 5.74) is 6.49. The molecule has 0 atom stereocenters. The summed E-state index contributed by atoms with van der Waals surface area (Å²) < 4.78 is 5.98. The molecular formula is C14H19NOS. The SMILES string of the molecule is CC1CCC(Oc2cccc(C(N)=S)c2)CC1. The van der Waals surface area contributed by atoms with E-state index in [0.29, 0.717) is 11.1 Å². The number of rotatable bonds is 3. The van der Waals surface area contributed by atoms with Crippen LogP contribution in [0.1, 0.15) is 38.2 Å². The van der Waals surface area contributed by atoms with Crippen LogP contribution in [0.25, 0.3) is 0 Å². The molecular weight excluding hydrogens is 230 g/mol. The predicted octanol–water partition coefficient (Wildman–Crippen LogP) is 3.28. The lowest BCUT2D eigenvalue weighted by Gasteiger charge is -2.27. The molecule has 0 saturated heterocycles. The molecule has 1 aromatic carbocycles. The van der Waals surface area contributed by atoms with Crippen molar-refractivity contribution in [3.63, 3.8) is 0 Å². The van der Waals surface area contributed by atoms with Crippen LogP contribution in [0.2, 0.25) is 0 Å². The highest BCUT2D eigenvalue weighted by atomic mass is 32.1. The molecule has 1 aromatic rings. The van der Waals surface area contributed by atoms with Crippen LogP contribution in [-0.4, -0.2) is 11.1 Å². The second kappa shape index (κ2) is 5.50. The second-order valence-electron chi connectivity index (χ2n) is 4.89. The molecule has 92 valence electrons. The van der Waals surface area contributed by atoms with E-state index in [1.807, 2.05) is 24.3 Å². The Kier molecular flexibility index (Phi) is 4.00. The molecule has 1 aliphatic carbocycles. The van der Waals surface area contributed by atoms with Crippen LogP contribution < -0.4 is 10.5 Å². The summed E-state index contributed by atoms with van der Waals surface area (Å²) in [4.78, 5) is 0.424. The molecule has 3 heteroatoms. The van der Waals surface area contributed by atoms with Gasteiger partial charge in [0.1, 0.15) is 10.7 Å². The van der Waals surface area contributed by atoms with Crippen LogP contribution >= 0.6 is 12.2 Å². The average molecular weight is 249 g/mol. The summed E-state index contributed by atoms with van der Waals surface area (Å²) in [5.74, 6) is 1.73. The monoisotopic (exact) mass is 249 g/mol. The van der Waals surface area contributed by atoms with Crippen molar-refractivity contribution < 1.29 is 4.74 Å². The molecule has 0 aliphatic heterocycles. The van der Waals surface area contributed by atoms with Crippen LogP contribution in [0, 0.1) is 5.92 Å². The lowest BCUT2D eigenvalue weighted by Crippen LogP contribution is -2.23. The zero-order chi connectivity index (χ0) is 12.3. The summed E-state index contributed by atoms with van der Waals surface area (Å²) in [6.45, 7) is 2.31. The van der Waals surface area contributed by atoms with Crippen molar-refractivity contribution in [2.75, 3.05) is 0 Å². The van der Waals surface area contributed by atoms with Gasteiger partial charge in [-0.3, -0.25) is 0 Å². The minimum Gasteiger partial charge on any atom is -0.490 e. The summed E-state index contributed by atoms with van der Waals surface area (Å²) >= 11 is 4.96. The van der Waals surface area contributed by atoms with E-state index in [4.69, 9.17) is 22.7 Å². The first kappa shape index (κ1) is 12.4. The topological polar surface area (TPSA) is 35.2 Å². The fourth-order valence-electron chi connectivity index (χ4n) is 2.26. The zero-order valence-corrected chi connectivity index (χ0v) is 11.0. The van der Waals surface area contributed by atoms with Gasteiger partial charge in [-0.05, 0) is 43.7 Å².